The van der Waals surface area contributed by atoms with Crippen molar-refractivity contribution >= 4 is 17.2 Å². The average Bonchev–Trinajstić information content (AvgIpc) is 2.43. The number of ether oxygens (including phenoxy) is 1. The SMILES string of the molecule is COCCN(C)c1ccc([N+](=O)[O-])cc1C(N)=NO. The average molecular weight is 268 g/mol. The lowest BCUT2D eigenvalue weighted by Crippen LogP contribution is -2.26. The second kappa shape index (κ2) is 6.55. The van der Waals surface area contributed by atoms with Crippen LogP contribution >= 0.6 is 0 Å². The summed E-state index contributed by atoms with van der Waals surface area (Å²) >= 11 is 0. The van der Waals surface area contributed by atoms with Crippen molar-refractivity contribution in [2.24, 2.45) is 10.9 Å². The molecule has 0 amide bonds. The standard InChI is InChI=1S/C11H16N4O4/c1-14(5-6-19-2)10-4-3-8(15(17)18)7-9(10)11(12)13-16/h3-4,7,16H,5-6H2,1-2H3,(H2,12,13). The van der Waals surface area contributed by atoms with Gasteiger partial charge >= 0.3 is 0 Å². The largest absolute Gasteiger partial charge is 0.409 e. The maximum atomic E-state index is 10.7. The Morgan fingerprint density at radius 1 is 1.63 bits per heavy atom. The topological polar surface area (TPSA) is 114 Å². The van der Waals surface area contributed by atoms with E-state index in [1.165, 1.54) is 12.1 Å². The van der Waals surface area contributed by atoms with Crippen molar-refractivity contribution < 1.29 is 14.9 Å². The highest BCUT2D eigenvalue weighted by molar-refractivity contribution is 6.02. The Hall–Kier alpha value is -2.35. The molecule has 0 heterocycles. The van der Waals surface area contributed by atoms with E-state index in [1.807, 2.05) is 0 Å². The van der Waals surface area contributed by atoms with Gasteiger partial charge in [-0.15, -0.1) is 0 Å². The molecule has 0 aliphatic rings. The third kappa shape index (κ3) is 3.55. The van der Waals surface area contributed by atoms with E-state index in [1.54, 1.807) is 25.1 Å². The number of benzene rings is 1. The van der Waals surface area contributed by atoms with Crippen LogP contribution in [0.25, 0.3) is 0 Å². The van der Waals surface area contributed by atoms with Crippen molar-refractivity contribution in [3.8, 4) is 0 Å². The maximum absolute atomic E-state index is 10.7. The van der Waals surface area contributed by atoms with Crippen LogP contribution in [0.1, 0.15) is 5.56 Å². The first-order valence-electron chi connectivity index (χ1n) is 5.47. The van der Waals surface area contributed by atoms with E-state index in [0.29, 0.717) is 24.4 Å². The number of nitrogens with two attached hydrogens (primary N) is 1. The lowest BCUT2D eigenvalue weighted by atomic mass is 10.1. The second-order valence-electron chi connectivity index (χ2n) is 3.86. The number of likely N-dealkylation sites (N-methyl/N-ethyl adjacent to an activating group) is 1. The lowest BCUT2D eigenvalue weighted by molar-refractivity contribution is -0.384. The summed E-state index contributed by atoms with van der Waals surface area (Å²) in [6.07, 6.45) is 0. The van der Waals surface area contributed by atoms with E-state index in [4.69, 9.17) is 15.7 Å². The van der Waals surface area contributed by atoms with Crippen LogP contribution in [0, 0.1) is 10.1 Å². The molecular weight excluding hydrogens is 252 g/mol. The summed E-state index contributed by atoms with van der Waals surface area (Å²) in [7, 11) is 3.36. The van der Waals surface area contributed by atoms with Gasteiger partial charge in [-0.2, -0.15) is 0 Å². The van der Waals surface area contributed by atoms with Crippen molar-refractivity contribution in [1.29, 1.82) is 0 Å². The first-order chi connectivity index (χ1) is 9.01. The number of nitro groups is 1. The summed E-state index contributed by atoms with van der Waals surface area (Å²) in [4.78, 5) is 12.0. The monoisotopic (exact) mass is 268 g/mol. The van der Waals surface area contributed by atoms with Gasteiger partial charge in [0.15, 0.2) is 5.84 Å². The molecule has 8 heteroatoms. The van der Waals surface area contributed by atoms with E-state index in [0.717, 1.165) is 0 Å². The third-order valence-corrected chi connectivity index (χ3v) is 2.62. The number of methoxy groups -OCH3 is 1. The van der Waals surface area contributed by atoms with E-state index >= 15 is 0 Å². The molecule has 0 aromatic heterocycles. The molecule has 1 rings (SSSR count). The Labute approximate surface area is 110 Å². The lowest BCUT2D eigenvalue weighted by Gasteiger charge is -2.21. The van der Waals surface area contributed by atoms with Crippen molar-refractivity contribution in [3.05, 3.63) is 33.9 Å². The minimum atomic E-state index is -0.535. The molecule has 0 radical (unpaired) electrons. The first kappa shape index (κ1) is 14.7. The number of hydrogen-bond donors (Lipinski definition) is 2. The molecule has 3 N–H and O–H groups in total. The molecule has 8 nitrogen and oxygen atoms in total. The molecule has 19 heavy (non-hydrogen) atoms. The zero-order valence-electron chi connectivity index (χ0n) is 10.7. The maximum Gasteiger partial charge on any atom is 0.270 e. The number of rotatable bonds is 6. The minimum Gasteiger partial charge on any atom is -0.409 e. The molecule has 0 atom stereocenters. The molecule has 0 saturated carbocycles. The van der Waals surface area contributed by atoms with Crippen LogP contribution in [-0.2, 0) is 4.74 Å². The van der Waals surface area contributed by atoms with Crippen molar-refractivity contribution in [3.63, 3.8) is 0 Å². The Morgan fingerprint density at radius 3 is 2.84 bits per heavy atom. The predicted octanol–water partition coefficient (Wildman–Crippen LogP) is 0.772. The van der Waals surface area contributed by atoms with Gasteiger partial charge < -0.3 is 20.6 Å². The van der Waals surface area contributed by atoms with Crippen molar-refractivity contribution in [2.45, 2.75) is 0 Å². The van der Waals surface area contributed by atoms with Gasteiger partial charge in [0, 0.05) is 38.5 Å². The van der Waals surface area contributed by atoms with Crippen LogP contribution < -0.4 is 10.6 Å². The summed E-state index contributed by atoms with van der Waals surface area (Å²) in [5.41, 5.74) is 6.35. The van der Waals surface area contributed by atoms with Gasteiger partial charge in [-0.25, -0.2) is 0 Å². The van der Waals surface area contributed by atoms with Crippen LogP contribution in [0.3, 0.4) is 0 Å². The summed E-state index contributed by atoms with van der Waals surface area (Å²) in [5.74, 6) is -0.178. The van der Waals surface area contributed by atoms with Gasteiger partial charge in [-0.3, -0.25) is 10.1 Å². The van der Waals surface area contributed by atoms with Gasteiger partial charge in [0.2, 0.25) is 0 Å². The second-order valence-corrected chi connectivity index (χ2v) is 3.86. The number of oxime groups is 1. The molecule has 0 unspecified atom stereocenters. The molecule has 0 saturated heterocycles. The predicted molar refractivity (Wildman–Crippen MR) is 70.8 cm³/mol. The van der Waals surface area contributed by atoms with Gasteiger partial charge in [-0.05, 0) is 6.07 Å². The number of amidine groups is 1. The van der Waals surface area contributed by atoms with Gasteiger partial charge in [0.05, 0.1) is 17.1 Å². The smallest absolute Gasteiger partial charge is 0.270 e. The van der Waals surface area contributed by atoms with Gasteiger partial charge in [-0.1, -0.05) is 5.16 Å². The summed E-state index contributed by atoms with van der Waals surface area (Å²) in [6, 6.07) is 4.20. The Kier molecular flexibility index (Phi) is 5.07. The van der Waals surface area contributed by atoms with Crippen LogP contribution in [0.2, 0.25) is 0 Å². The minimum absolute atomic E-state index is 0.120. The highest BCUT2D eigenvalue weighted by atomic mass is 16.6. The molecule has 0 aliphatic heterocycles. The summed E-state index contributed by atoms with van der Waals surface area (Å²) in [5, 5.41) is 22.4. The molecule has 0 spiro atoms. The fourth-order valence-corrected chi connectivity index (χ4v) is 1.58. The molecule has 1 aromatic carbocycles. The van der Waals surface area contributed by atoms with E-state index in [9.17, 15) is 10.1 Å². The molecule has 0 bridgehead atoms. The molecule has 0 aliphatic carbocycles. The van der Waals surface area contributed by atoms with E-state index < -0.39 is 4.92 Å². The van der Waals surface area contributed by atoms with Crippen LogP contribution in [-0.4, -0.2) is 43.3 Å². The Bertz CT molecular complexity index is 490. The molecule has 0 fully saturated rings. The van der Waals surface area contributed by atoms with E-state index in [-0.39, 0.29) is 11.5 Å². The number of hydrogen-bond acceptors (Lipinski definition) is 6. The van der Waals surface area contributed by atoms with Gasteiger partial charge in [0.25, 0.3) is 5.69 Å². The van der Waals surface area contributed by atoms with Gasteiger partial charge in [0.1, 0.15) is 0 Å². The van der Waals surface area contributed by atoms with Crippen molar-refractivity contribution in [1.82, 2.24) is 0 Å². The Morgan fingerprint density at radius 2 is 2.32 bits per heavy atom. The summed E-state index contributed by atoms with van der Waals surface area (Å²) in [6.45, 7) is 1.06. The quantitative estimate of drug-likeness (QED) is 0.259. The molecule has 1 aromatic rings. The third-order valence-electron chi connectivity index (χ3n) is 2.62. The molecular formula is C11H16N4O4. The molecule has 104 valence electrons. The highest BCUT2D eigenvalue weighted by Crippen LogP contribution is 2.24. The van der Waals surface area contributed by atoms with Crippen LogP contribution in [0.5, 0.6) is 0 Å². The number of anilines is 1. The van der Waals surface area contributed by atoms with Crippen LogP contribution in [0.4, 0.5) is 11.4 Å². The van der Waals surface area contributed by atoms with Crippen LogP contribution in [0.15, 0.2) is 23.4 Å². The number of non-ortho nitro benzene ring substituents is 1. The highest BCUT2D eigenvalue weighted by Gasteiger charge is 2.16. The first-order valence-corrected chi connectivity index (χ1v) is 5.47. The van der Waals surface area contributed by atoms with Crippen molar-refractivity contribution in [2.75, 3.05) is 32.2 Å². The summed E-state index contributed by atoms with van der Waals surface area (Å²) < 4.78 is 4.96. The van der Waals surface area contributed by atoms with E-state index in [2.05, 4.69) is 5.16 Å². The number of nitrogens with zero attached hydrogens (tertiary/aromatic N) is 3. The zero-order valence-corrected chi connectivity index (χ0v) is 10.7. The fraction of sp³-hybridized carbons (Fsp3) is 0.364. The zero-order chi connectivity index (χ0) is 14.4. The number of nitro benzene ring substituents is 1. The Balaban J connectivity index is 3.19. The normalized spacial score (nSPS) is 11.4. The fourth-order valence-electron chi connectivity index (χ4n) is 1.58.